The standard InChI is InChI=1S/C17H25N3O2/c1-4-12-19-14-9-7-8-10-15(14)20(17(19)22)13-11-16(21)18(5-2)6-3/h7-10H,4-6,11-13H2,1-3H3. The molecule has 0 N–H and O–H groups in total. The third-order valence-electron chi connectivity index (χ3n) is 4.04. The zero-order valence-electron chi connectivity index (χ0n) is 13.7. The quantitative estimate of drug-likeness (QED) is 0.789. The minimum absolute atomic E-state index is 0.0182. The topological polar surface area (TPSA) is 47.2 Å². The molecule has 5 heteroatoms. The molecule has 120 valence electrons. The SMILES string of the molecule is CCCn1c(=O)n(CCC(=O)N(CC)CC)c2ccccc21. The van der Waals surface area contributed by atoms with Crippen molar-refractivity contribution < 1.29 is 4.79 Å². The van der Waals surface area contributed by atoms with Crippen molar-refractivity contribution >= 4 is 16.9 Å². The fourth-order valence-corrected chi connectivity index (χ4v) is 2.87. The van der Waals surface area contributed by atoms with E-state index < -0.39 is 0 Å². The van der Waals surface area contributed by atoms with Crippen LogP contribution in [0.2, 0.25) is 0 Å². The maximum Gasteiger partial charge on any atom is 0.329 e. The molecule has 0 bridgehead atoms. The number of fused-ring (bicyclic) bond motifs is 1. The average Bonchev–Trinajstić information content (AvgIpc) is 2.79. The second kappa shape index (κ2) is 7.29. The van der Waals surface area contributed by atoms with Crippen LogP contribution in [0.15, 0.2) is 29.1 Å². The van der Waals surface area contributed by atoms with Crippen molar-refractivity contribution in [3.8, 4) is 0 Å². The van der Waals surface area contributed by atoms with E-state index in [1.165, 1.54) is 0 Å². The van der Waals surface area contributed by atoms with Gasteiger partial charge < -0.3 is 4.90 Å². The average molecular weight is 303 g/mol. The second-order valence-corrected chi connectivity index (χ2v) is 5.39. The van der Waals surface area contributed by atoms with Crippen LogP contribution in [0.25, 0.3) is 11.0 Å². The van der Waals surface area contributed by atoms with E-state index in [4.69, 9.17) is 0 Å². The number of aryl methyl sites for hydroxylation is 2. The van der Waals surface area contributed by atoms with Crippen LogP contribution in [0.3, 0.4) is 0 Å². The Morgan fingerprint density at radius 2 is 1.55 bits per heavy atom. The van der Waals surface area contributed by atoms with Crippen LogP contribution < -0.4 is 5.69 Å². The van der Waals surface area contributed by atoms with Crippen molar-refractivity contribution in [1.82, 2.24) is 14.0 Å². The zero-order chi connectivity index (χ0) is 16.1. The molecule has 0 saturated heterocycles. The van der Waals surface area contributed by atoms with Crippen molar-refractivity contribution in [2.45, 2.75) is 46.7 Å². The van der Waals surface area contributed by atoms with E-state index in [1.807, 2.05) is 38.1 Å². The van der Waals surface area contributed by atoms with Crippen LogP contribution in [0.5, 0.6) is 0 Å². The molecular weight excluding hydrogens is 278 g/mol. The van der Waals surface area contributed by atoms with Gasteiger partial charge in [-0.15, -0.1) is 0 Å². The van der Waals surface area contributed by atoms with Crippen LogP contribution in [0.4, 0.5) is 0 Å². The number of hydrogen-bond donors (Lipinski definition) is 0. The van der Waals surface area contributed by atoms with Gasteiger partial charge in [-0.3, -0.25) is 13.9 Å². The van der Waals surface area contributed by atoms with Crippen molar-refractivity contribution in [3.63, 3.8) is 0 Å². The summed E-state index contributed by atoms with van der Waals surface area (Å²) < 4.78 is 3.53. The van der Waals surface area contributed by atoms with E-state index in [0.29, 0.717) is 32.6 Å². The fraction of sp³-hybridized carbons (Fsp3) is 0.529. The summed E-state index contributed by atoms with van der Waals surface area (Å²) in [5.74, 6) is 0.101. The van der Waals surface area contributed by atoms with Crippen molar-refractivity contribution in [2.75, 3.05) is 13.1 Å². The monoisotopic (exact) mass is 303 g/mol. The molecule has 0 fully saturated rings. The number of aromatic nitrogens is 2. The van der Waals surface area contributed by atoms with Crippen molar-refractivity contribution in [2.24, 2.45) is 0 Å². The summed E-state index contributed by atoms with van der Waals surface area (Å²) in [5, 5.41) is 0. The van der Waals surface area contributed by atoms with Gasteiger partial charge in [0.15, 0.2) is 0 Å². The Hall–Kier alpha value is -2.04. The molecule has 0 aliphatic carbocycles. The first-order chi connectivity index (χ1) is 10.6. The summed E-state index contributed by atoms with van der Waals surface area (Å²) in [7, 11) is 0. The Bertz CT molecular complexity index is 695. The summed E-state index contributed by atoms with van der Waals surface area (Å²) in [4.78, 5) is 26.6. The van der Waals surface area contributed by atoms with E-state index in [2.05, 4.69) is 6.92 Å². The predicted octanol–water partition coefficient (Wildman–Crippen LogP) is 2.47. The Balaban J connectivity index is 2.30. The highest BCUT2D eigenvalue weighted by Gasteiger charge is 2.15. The number of carbonyl (C=O) groups excluding carboxylic acids is 1. The van der Waals surface area contributed by atoms with Crippen LogP contribution in [-0.2, 0) is 17.9 Å². The van der Waals surface area contributed by atoms with Gasteiger partial charge in [-0.1, -0.05) is 19.1 Å². The number of para-hydroxylation sites is 2. The van der Waals surface area contributed by atoms with E-state index in [-0.39, 0.29) is 11.6 Å². The molecule has 0 spiro atoms. The molecule has 5 nitrogen and oxygen atoms in total. The van der Waals surface area contributed by atoms with Gasteiger partial charge in [0.2, 0.25) is 5.91 Å². The first-order valence-electron chi connectivity index (χ1n) is 8.09. The Morgan fingerprint density at radius 3 is 2.05 bits per heavy atom. The summed E-state index contributed by atoms with van der Waals surface area (Å²) in [6.07, 6.45) is 1.27. The second-order valence-electron chi connectivity index (χ2n) is 5.39. The lowest BCUT2D eigenvalue weighted by atomic mass is 10.3. The molecule has 0 aliphatic heterocycles. The van der Waals surface area contributed by atoms with Gasteiger partial charge in [0.1, 0.15) is 0 Å². The van der Waals surface area contributed by atoms with Crippen LogP contribution in [0, 0.1) is 0 Å². The molecule has 0 saturated carbocycles. The molecule has 1 aromatic carbocycles. The first kappa shape index (κ1) is 16.3. The molecular formula is C17H25N3O2. The third-order valence-corrected chi connectivity index (χ3v) is 4.04. The minimum Gasteiger partial charge on any atom is -0.343 e. The predicted molar refractivity (Wildman–Crippen MR) is 89.0 cm³/mol. The molecule has 0 aliphatic rings. The maximum atomic E-state index is 12.6. The van der Waals surface area contributed by atoms with Gasteiger partial charge in [0.25, 0.3) is 0 Å². The highest BCUT2D eigenvalue weighted by molar-refractivity contribution is 5.78. The van der Waals surface area contributed by atoms with Crippen LogP contribution in [-0.4, -0.2) is 33.0 Å². The maximum absolute atomic E-state index is 12.6. The highest BCUT2D eigenvalue weighted by Crippen LogP contribution is 2.13. The molecule has 0 atom stereocenters. The molecule has 22 heavy (non-hydrogen) atoms. The minimum atomic E-state index is -0.0182. The van der Waals surface area contributed by atoms with Crippen LogP contribution in [0.1, 0.15) is 33.6 Å². The Kier molecular flexibility index (Phi) is 5.41. The van der Waals surface area contributed by atoms with Gasteiger partial charge in [-0.2, -0.15) is 0 Å². The number of nitrogens with zero attached hydrogens (tertiary/aromatic N) is 3. The molecule has 1 heterocycles. The highest BCUT2D eigenvalue weighted by atomic mass is 16.2. The fourth-order valence-electron chi connectivity index (χ4n) is 2.87. The zero-order valence-corrected chi connectivity index (χ0v) is 13.7. The first-order valence-corrected chi connectivity index (χ1v) is 8.09. The molecule has 1 amide bonds. The van der Waals surface area contributed by atoms with Gasteiger partial charge in [0, 0.05) is 32.6 Å². The number of hydrogen-bond acceptors (Lipinski definition) is 2. The third kappa shape index (κ3) is 3.08. The van der Waals surface area contributed by atoms with Gasteiger partial charge in [-0.25, -0.2) is 4.79 Å². The summed E-state index contributed by atoms with van der Waals surface area (Å²) in [6, 6.07) is 7.79. The summed E-state index contributed by atoms with van der Waals surface area (Å²) in [6.45, 7) is 8.56. The van der Waals surface area contributed by atoms with Crippen LogP contribution >= 0.6 is 0 Å². The largest absolute Gasteiger partial charge is 0.343 e. The normalized spacial score (nSPS) is 11.0. The molecule has 0 radical (unpaired) electrons. The molecule has 2 rings (SSSR count). The Labute approximate surface area is 131 Å². The molecule has 0 unspecified atom stereocenters. The van der Waals surface area contributed by atoms with Crippen molar-refractivity contribution in [3.05, 3.63) is 34.7 Å². The lowest BCUT2D eigenvalue weighted by Gasteiger charge is -2.18. The Morgan fingerprint density at radius 1 is 1.00 bits per heavy atom. The smallest absolute Gasteiger partial charge is 0.329 e. The van der Waals surface area contributed by atoms with Gasteiger partial charge in [-0.05, 0) is 32.4 Å². The summed E-state index contributed by atoms with van der Waals surface area (Å²) >= 11 is 0. The number of imidazole rings is 1. The number of carbonyl (C=O) groups is 1. The van der Waals surface area contributed by atoms with E-state index in [0.717, 1.165) is 17.5 Å². The lowest BCUT2D eigenvalue weighted by molar-refractivity contribution is -0.131. The number of amides is 1. The molecule has 2 aromatic rings. The van der Waals surface area contributed by atoms with Gasteiger partial charge >= 0.3 is 5.69 Å². The lowest BCUT2D eigenvalue weighted by Crippen LogP contribution is -2.32. The van der Waals surface area contributed by atoms with E-state index >= 15 is 0 Å². The summed E-state index contributed by atoms with van der Waals surface area (Å²) in [5.41, 5.74) is 1.84. The van der Waals surface area contributed by atoms with Gasteiger partial charge in [0.05, 0.1) is 11.0 Å². The molecule has 1 aromatic heterocycles. The van der Waals surface area contributed by atoms with E-state index in [9.17, 15) is 9.59 Å². The van der Waals surface area contributed by atoms with Crippen molar-refractivity contribution in [1.29, 1.82) is 0 Å². The van der Waals surface area contributed by atoms with E-state index in [1.54, 1.807) is 14.0 Å². The number of rotatable bonds is 7. The number of benzene rings is 1.